The molecular formula is C15H10O5. The highest BCUT2D eigenvalue weighted by molar-refractivity contribution is 6.15. The third-order valence-electron chi connectivity index (χ3n) is 2.95. The second-order valence-corrected chi connectivity index (χ2v) is 4.40. The predicted molar refractivity (Wildman–Crippen MR) is 69.8 cm³/mol. The maximum atomic E-state index is 12.2. The van der Waals surface area contributed by atoms with Crippen LogP contribution in [0.5, 0.6) is 5.75 Å². The Hall–Kier alpha value is -2.82. The van der Waals surface area contributed by atoms with Crippen LogP contribution < -0.4 is 4.74 Å². The molecule has 1 aromatic carbocycles. The van der Waals surface area contributed by atoms with E-state index in [0.717, 1.165) is 5.76 Å². The first-order valence-electron chi connectivity index (χ1n) is 5.92. The number of ketones is 1. The highest BCUT2D eigenvalue weighted by atomic mass is 16.5. The van der Waals surface area contributed by atoms with Crippen LogP contribution in [-0.4, -0.2) is 16.9 Å². The molecule has 0 aliphatic carbocycles. The number of carboxylic acids is 1. The topological polar surface area (TPSA) is 76.7 Å². The Morgan fingerprint density at radius 1 is 1.25 bits per heavy atom. The Balaban J connectivity index is 1.98. The van der Waals surface area contributed by atoms with E-state index in [-0.39, 0.29) is 22.7 Å². The monoisotopic (exact) mass is 270 g/mol. The van der Waals surface area contributed by atoms with Gasteiger partial charge in [0.15, 0.2) is 5.76 Å². The van der Waals surface area contributed by atoms with E-state index in [0.29, 0.717) is 11.5 Å². The Morgan fingerprint density at radius 3 is 2.70 bits per heavy atom. The van der Waals surface area contributed by atoms with Gasteiger partial charge in [0.25, 0.3) is 0 Å². The van der Waals surface area contributed by atoms with Crippen molar-refractivity contribution >= 4 is 17.8 Å². The van der Waals surface area contributed by atoms with Crippen molar-refractivity contribution in [1.29, 1.82) is 0 Å². The first-order chi connectivity index (χ1) is 9.54. The van der Waals surface area contributed by atoms with Crippen LogP contribution in [0.2, 0.25) is 0 Å². The molecule has 0 amide bonds. The van der Waals surface area contributed by atoms with E-state index in [4.69, 9.17) is 14.3 Å². The number of ether oxygens (including phenoxy) is 1. The summed E-state index contributed by atoms with van der Waals surface area (Å²) in [5.41, 5.74) is 0.301. The fourth-order valence-electron chi connectivity index (χ4n) is 1.98. The highest BCUT2D eigenvalue weighted by Crippen LogP contribution is 2.32. The molecule has 2 heterocycles. The molecule has 100 valence electrons. The van der Waals surface area contributed by atoms with Gasteiger partial charge in [0.1, 0.15) is 17.3 Å². The summed E-state index contributed by atoms with van der Waals surface area (Å²) in [4.78, 5) is 23.1. The number of carbonyl (C=O) groups excluding carboxylic acids is 1. The predicted octanol–water partition coefficient (Wildman–Crippen LogP) is 2.90. The fraction of sp³-hybridized carbons (Fsp3) is 0.0667. The largest absolute Gasteiger partial charge is 0.478 e. The first kappa shape index (κ1) is 12.2. The van der Waals surface area contributed by atoms with Crippen LogP contribution in [0.4, 0.5) is 0 Å². The zero-order valence-electron chi connectivity index (χ0n) is 10.5. The Kier molecular flexibility index (Phi) is 2.68. The molecule has 0 spiro atoms. The van der Waals surface area contributed by atoms with E-state index >= 15 is 0 Å². The van der Waals surface area contributed by atoms with Gasteiger partial charge in [-0.2, -0.15) is 0 Å². The number of allylic oxidation sites excluding steroid dienone is 1. The van der Waals surface area contributed by atoms with Crippen LogP contribution in [0.25, 0.3) is 6.08 Å². The Bertz CT molecular complexity index is 751. The van der Waals surface area contributed by atoms with Crippen molar-refractivity contribution in [3.05, 3.63) is 58.7 Å². The lowest BCUT2D eigenvalue weighted by molar-refractivity contribution is 0.0697. The number of hydrogen-bond acceptors (Lipinski definition) is 4. The summed E-state index contributed by atoms with van der Waals surface area (Å²) in [5, 5.41) is 8.92. The number of carboxylic acid groups (broad SMARTS) is 1. The summed E-state index contributed by atoms with van der Waals surface area (Å²) in [5.74, 6) is 0.286. The van der Waals surface area contributed by atoms with E-state index in [1.807, 2.05) is 0 Å². The van der Waals surface area contributed by atoms with Crippen LogP contribution in [0.3, 0.4) is 0 Å². The number of rotatable bonds is 2. The molecule has 1 N–H and O–H groups in total. The molecule has 1 aromatic heterocycles. The SMILES string of the molecule is Cc1ccc(C=C2Oc3ccc(C(=O)O)cc3C2=O)o1. The fourth-order valence-corrected chi connectivity index (χ4v) is 1.98. The molecule has 2 aromatic rings. The molecule has 5 nitrogen and oxygen atoms in total. The Labute approximate surface area is 114 Å². The van der Waals surface area contributed by atoms with Gasteiger partial charge in [0.2, 0.25) is 5.78 Å². The standard InChI is InChI=1S/C15H10O5/c1-8-2-4-10(19-8)7-13-14(16)11-6-9(15(17)18)3-5-12(11)20-13/h2-7H,1H3,(H,17,18). The molecule has 0 saturated heterocycles. The van der Waals surface area contributed by atoms with Crippen LogP contribution in [0.1, 0.15) is 32.2 Å². The molecule has 0 unspecified atom stereocenters. The number of furan rings is 1. The molecule has 3 rings (SSSR count). The van der Waals surface area contributed by atoms with Crippen molar-refractivity contribution in [3.63, 3.8) is 0 Å². The van der Waals surface area contributed by atoms with Crippen molar-refractivity contribution in [1.82, 2.24) is 0 Å². The van der Waals surface area contributed by atoms with Crippen LogP contribution >= 0.6 is 0 Å². The maximum Gasteiger partial charge on any atom is 0.335 e. The van der Waals surface area contributed by atoms with Crippen molar-refractivity contribution in [3.8, 4) is 5.75 Å². The average Bonchev–Trinajstić information content (AvgIpc) is 2.95. The van der Waals surface area contributed by atoms with Gasteiger partial charge in [0, 0.05) is 6.08 Å². The van der Waals surface area contributed by atoms with Crippen LogP contribution in [0.15, 0.2) is 40.5 Å². The summed E-state index contributed by atoms with van der Waals surface area (Å²) < 4.78 is 10.8. The van der Waals surface area contributed by atoms with E-state index < -0.39 is 5.97 Å². The molecule has 0 atom stereocenters. The summed E-state index contributed by atoms with van der Waals surface area (Å²) in [6.07, 6.45) is 1.50. The number of hydrogen-bond donors (Lipinski definition) is 1. The maximum absolute atomic E-state index is 12.2. The van der Waals surface area contributed by atoms with E-state index in [9.17, 15) is 9.59 Å². The molecule has 5 heteroatoms. The minimum atomic E-state index is -1.08. The summed E-state index contributed by atoms with van der Waals surface area (Å²) >= 11 is 0. The minimum Gasteiger partial charge on any atom is -0.478 e. The molecule has 1 aliphatic heterocycles. The van der Waals surface area contributed by atoms with Gasteiger partial charge in [-0.25, -0.2) is 4.79 Å². The molecule has 1 aliphatic rings. The molecule has 20 heavy (non-hydrogen) atoms. The number of aromatic carboxylic acids is 1. The number of benzene rings is 1. The van der Waals surface area contributed by atoms with Crippen molar-refractivity contribution in [2.24, 2.45) is 0 Å². The molecule has 0 saturated carbocycles. The first-order valence-corrected chi connectivity index (χ1v) is 5.92. The van der Waals surface area contributed by atoms with E-state index in [1.54, 1.807) is 19.1 Å². The van der Waals surface area contributed by atoms with Crippen molar-refractivity contribution in [2.45, 2.75) is 6.92 Å². The second kappa shape index (κ2) is 4.38. The van der Waals surface area contributed by atoms with Crippen molar-refractivity contribution in [2.75, 3.05) is 0 Å². The van der Waals surface area contributed by atoms with E-state index in [2.05, 4.69) is 0 Å². The lowest BCUT2D eigenvalue weighted by Crippen LogP contribution is -2.00. The van der Waals surface area contributed by atoms with Gasteiger partial charge in [-0.1, -0.05) is 0 Å². The van der Waals surface area contributed by atoms with E-state index in [1.165, 1.54) is 24.3 Å². The van der Waals surface area contributed by atoms with Gasteiger partial charge in [0.05, 0.1) is 11.1 Å². The van der Waals surface area contributed by atoms with Crippen molar-refractivity contribution < 1.29 is 23.8 Å². The van der Waals surface area contributed by atoms with Gasteiger partial charge < -0.3 is 14.3 Å². The third-order valence-corrected chi connectivity index (χ3v) is 2.95. The summed E-state index contributed by atoms with van der Waals surface area (Å²) in [7, 11) is 0. The zero-order chi connectivity index (χ0) is 14.3. The number of fused-ring (bicyclic) bond motifs is 1. The zero-order valence-corrected chi connectivity index (χ0v) is 10.5. The quantitative estimate of drug-likeness (QED) is 0.849. The average molecular weight is 270 g/mol. The van der Waals surface area contributed by atoms with Gasteiger partial charge >= 0.3 is 5.97 Å². The van der Waals surface area contributed by atoms with Crippen LogP contribution in [-0.2, 0) is 0 Å². The minimum absolute atomic E-state index is 0.0517. The lowest BCUT2D eigenvalue weighted by atomic mass is 10.1. The molecule has 0 bridgehead atoms. The normalized spacial score (nSPS) is 15.2. The molecule has 0 radical (unpaired) electrons. The van der Waals surface area contributed by atoms with Gasteiger partial charge in [-0.05, 0) is 37.3 Å². The second-order valence-electron chi connectivity index (χ2n) is 4.40. The van der Waals surface area contributed by atoms with Crippen LogP contribution in [0, 0.1) is 6.92 Å². The number of carbonyl (C=O) groups is 2. The lowest BCUT2D eigenvalue weighted by Gasteiger charge is -1.97. The van der Waals surface area contributed by atoms with Gasteiger partial charge in [-0.15, -0.1) is 0 Å². The highest BCUT2D eigenvalue weighted by Gasteiger charge is 2.28. The van der Waals surface area contributed by atoms with Gasteiger partial charge in [-0.3, -0.25) is 4.79 Å². The smallest absolute Gasteiger partial charge is 0.335 e. The third kappa shape index (κ3) is 1.99. The number of Topliss-reactive ketones (excluding diaryl/α,β-unsaturated/α-hetero) is 1. The molecular weight excluding hydrogens is 260 g/mol. The summed E-state index contributed by atoms with van der Waals surface area (Å²) in [6, 6.07) is 7.69. The Morgan fingerprint density at radius 2 is 2.05 bits per heavy atom. The summed E-state index contributed by atoms with van der Waals surface area (Å²) in [6.45, 7) is 1.80. The number of aryl methyl sites for hydroxylation is 1. The molecule has 0 fully saturated rings.